The smallest absolute Gasteiger partial charge is 0.302 e. The number of hydrogen-bond donors (Lipinski definition) is 0. The van der Waals surface area contributed by atoms with Gasteiger partial charge in [0.1, 0.15) is 6.10 Å². The summed E-state index contributed by atoms with van der Waals surface area (Å²) < 4.78 is 5.53. The lowest BCUT2D eigenvalue weighted by molar-refractivity contribution is -0.434. The maximum absolute atomic E-state index is 12.3. The average Bonchev–Trinajstić information content (AvgIpc) is 3.10. The molecule has 0 aliphatic heterocycles. The molecule has 3 fully saturated rings. The second-order valence-electron chi connectivity index (χ2n) is 13.2. The van der Waals surface area contributed by atoms with Crippen molar-refractivity contribution in [3.8, 4) is 0 Å². The second-order valence-corrected chi connectivity index (χ2v) is 13.2. The van der Waals surface area contributed by atoms with Gasteiger partial charge in [-0.3, -0.25) is 14.9 Å². The van der Waals surface area contributed by atoms with Crippen LogP contribution in [0.15, 0.2) is 11.3 Å². The van der Waals surface area contributed by atoms with Gasteiger partial charge in [-0.15, -0.1) is 0 Å². The molecule has 8 unspecified atom stereocenters. The molecule has 0 N–H and O–H groups in total. The molecular formula is C29H47NO4. The van der Waals surface area contributed by atoms with Crippen LogP contribution in [0.5, 0.6) is 0 Å². The fourth-order valence-corrected chi connectivity index (χ4v) is 9.29. The quantitative estimate of drug-likeness (QED) is 0.217. The summed E-state index contributed by atoms with van der Waals surface area (Å²) in [6.45, 7) is 13.4. The molecule has 0 aromatic rings. The van der Waals surface area contributed by atoms with Crippen LogP contribution < -0.4 is 0 Å². The van der Waals surface area contributed by atoms with E-state index in [1.165, 1.54) is 51.9 Å². The summed E-state index contributed by atoms with van der Waals surface area (Å²) in [6.07, 6.45) is 11.6. The number of nitrogens with zero attached hydrogens (tertiary/aromatic N) is 1. The van der Waals surface area contributed by atoms with E-state index in [0.29, 0.717) is 41.7 Å². The molecule has 5 nitrogen and oxygen atoms in total. The molecule has 0 heterocycles. The van der Waals surface area contributed by atoms with Crippen molar-refractivity contribution in [1.29, 1.82) is 0 Å². The Bertz CT molecular complexity index is 834. The number of carbonyl (C=O) groups is 1. The van der Waals surface area contributed by atoms with Crippen LogP contribution in [0.3, 0.4) is 0 Å². The molecule has 4 rings (SSSR count). The van der Waals surface area contributed by atoms with Gasteiger partial charge < -0.3 is 4.74 Å². The minimum atomic E-state index is -0.279. The Kier molecular flexibility index (Phi) is 7.24. The Balaban J connectivity index is 1.58. The minimum absolute atomic E-state index is 0.0904. The number of fused-ring (bicyclic) bond motifs is 5. The largest absolute Gasteiger partial charge is 0.462 e. The van der Waals surface area contributed by atoms with Crippen molar-refractivity contribution in [2.75, 3.05) is 0 Å². The maximum atomic E-state index is 12.3. The van der Waals surface area contributed by atoms with Gasteiger partial charge in [0.15, 0.2) is 0 Å². The Morgan fingerprint density at radius 3 is 2.44 bits per heavy atom. The third kappa shape index (κ3) is 4.46. The first kappa shape index (κ1) is 25.7. The van der Waals surface area contributed by atoms with Crippen molar-refractivity contribution in [3.63, 3.8) is 0 Å². The number of allylic oxidation sites excluding steroid dienone is 1. The van der Waals surface area contributed by atoms with Gasteiger partial charge in [-0.05, 0) is 84.9 Å². The van der Waals surface area contributed by atoms with Crippen LogP contribution in [0.4, 0.5) is 0 Å². The Morgan fingerprint density at radius 1 is 1.06 bits per heavy atom. The summed E-state index contributed by atoms with van der Waals surface area (Å²) in [5.74, 6) is 3.53. The van der Waals surface area contributed by atoms with Gasteiger partial charge in [0.2, 0.25) is 5.70 Å². The highest BCUT2D eigenvalue weighted by atomic mass is 16.6. The molecule has 34 heavy (non-hydrogen) atoms. The SMILES string of the molecule is CC(=O)OC1CCC2(C)C(=C([N+](=O)[O-])CC3C2CCC2(C)C(C(C)CCCC(C)C)CCC32)C1. The van der Waals surface area contributed by atoms with Crippen molar-refractivity contribution < 1.29 is 14.5 Å². The topological polar surface area (TPSA) is 69.4 Å². The van der Waals surface area contributed by atoms with Crippen LogP contribution in [0.25, 0.3) is 0 Å². The zero-order valence-corrected chi connectivity index (χ0v) is 22.4. The standard InChI is InChI=1S/C29H47NO4/c1-18(2)8-7-9-19(3)23-10-11-24-22-17-27(30(32)33)26-16-21(34-20(4)31)12-14-29(26,6)25(22)13-15-28(23,24)5/h18-19,21-25H,7-17H2,1-6H3. The van der Waals surface area contributed by atoms with Crippen LogP contribution in [0.1, 0.15) is 112 Å². The fourth-order valence-electron chi connectivity index (χ4n) is 9.29. The van der Waals surface area contributed by atoms with Gasteiger partial charge in [0.05, 0.1) is 4.92 Å². The van der Waals surface area contributed by atoms with Crippen molar-refractivity contribution in [2.45, 2.75) is 118 Å². The molecule has 0 bridgehead atoms. The highest BCUT2D eigenvalue weighted by Crippen LogP contribution is 2.68. The maximum Gasteiger partial charge on any atom is 0.302 e. The van der Waals surface area contributed by atoms with E-state index in [1.54, 1.807) is 0 Å². The van der Waals surface area contributed by atoms with Crippen molar-refractivity contribution in [1.82, 2.24) is 0 Å². The zero-order valence-electron chi connectivity index (χ0n) is 22.4. The highest BCUT2D eigenvalue weighted by molar-refractivity contribution is 5.66. The summed E-state index contributed by atoms with van der Waals surface area (Å²) >= 11 is 0. The molecule has 0 amide bonds. The Morgan fingerprint density at radius 2 is 1.79 bits per heavy atom. The molecule has 0 saturated heterocycles. The summed E-state index contributed by atoms with van der Waals surface area (Å²) in [5.41, 5.74) is 1.66. The van der Waals surface area contributed by atoms with Gasteiger partial charge in [-0.2, -0.15) is 0 Å². The van der Waals surface area contributed by atoms with Gasteiger partial charge in [0.25, 0.3) is 0 Å². The summed E-state index contributed by atoms with van der Waals surface area (Å²) in [5, 5.41) is 12.3. The number of nitro groups is 1. The first-order valence-electron chi connectivity index (χ1n) is 14.0. The molecule has 192 valence electrons. The zero-order chi connectivity index (χ0) is 24.8. The molecule has 4 aliphatic rings. The molecule has 0 aromatic heterocycles. The highest BCUT2D eigenvalue weighted by Gasteiger charge is 2.61. The van der Waals surface area contributed by atoms with Crippen LogP contribution in [-0.4, -0.2) is 17.0 Å². The van der Waals surface area contributed by atoms with Crippen LogP contribution in [0.2, 0.25) is 0 Å². The molecular weight excluding hydrogens is 426 g/mol. The predicted molar refractivity (Wildman–Crippen MR) is 135 cm³/mol. The third-order valence-electron chi connectivity index (χ3n) is 10.9. The van der Waals surface area contributed by atoms with Crippen molar-refractivity contribution >= 4 is 5.97 Å². The van der Waals surface area contributed by atoms with E-state index in [1.807, 2.05) is 0 Å². The summed E-state index contributed by atoms with van der Waals surface area (Å²) in [4.78, 5) is 23.8. The summed E-state index contributed by atoms with van der Waals surface area (Å²) in [6, 6.07) is 0. The summed E-state index contributed by atoms with van der Waals surface area (Å²) in [7, 11) is 0. The minimum Gasteiger partial charge on any atom is -0.462 e. The van der Waals surface area contributed by atoms with Gasteiger partial charge in [0, 0.05) is 25.3 Å². The van der Waals surface area contributed by atoms with E-state index in [-0.39, 0.29) is 22.4 Å². The molecule has 4 aliphatic carbocycles. The van der Waals surface area contributed by atoms with Crippen LogP contribution in [-0.2, 0) is 9.53 Å². The van der Waals surface area contributed by atoms with E-state index in [0.717, 1.165) is 36.2 Å². The molecule has 0 radical (unpaired) electrons. The van der Waals surface area contributed by atoms with Crippen LogP contribution in [0, 0.1) is 56.5 Å². The first-order valence-corrected chi connectivity index (χ1v) is 14.0. The number of carbonyl (C=O) groups excluding carboxylic acids is 1. The lowest BCUT2D eigenvalue weighted by Crippen LogP contribution is -2.52. The molecule has 5 heteroatoms. The first-order chi connectivity index (χ1) is 16.0. The van der Waals surface area contributed by atoms with Gasteiger partial charge >= 0.3 is 5.97 Å². The monoisotopic (exact) mass is 473 g/mol. The fraction of sp³-hybridized carbons (Fsp3) is 0.897. The van der Waals surface area contributed by atoms with E-state index in [2.05, 4.69) is 34.6 Å². The number of ether oxygens (including phenoxy) is 1. The average molecular weight is 474 g/mol. The van der Waals surface area contributed by atoms with E-state index < -0.39 is 0 Å². The van der Waals surface area contributed by atoms with Crippen molar-refractivity contribution in [2.24, 2.45) is 46.3 Å². The number of esters is 1. The lowest BCUT2D eigenvalue weighted by atomic mass is 9.46. The third-order valence-corrected chi connectivity index (χ3v) is 10.9. The molecule has 0 spiro atoms. The Labute approximate surface area is 206 Å². The van der Waals surface area contributed by atoms with Gasteiger partial charge in [-0.25, -0.2) is 0 Å². The van der Waals surface area contributed by atoms with Crippen molar-refractivity contribution in [3.05, 3.63) is 21.4 Å². The number of rotatable bonds is 7. The van der Waals surface area contributed by atoms with E-state index in [9.17, 15) is 14.9 Å². The van der Waals surface area contributed by atoms with Gasteiger partial charge in [-0.1, -0.05) is 53.9 Å². The van der Waals surface area contributed by atoms with E-state index in [4.69, 9.17) is 4.74 Å². The number of hydrogen-bond acceptors (Lipinski definition) is 4. The van der Waals surface area contributed by atoms with Crippen LogP contribution >= 0.6 is 0 Å². The predicted octanol–water partition coefficient (Wildman–Crippen LogP) is 7.56. The Hall–Kier alpha value is -1.39. The normalized spacial score (nSPS) is 40.4. The lowest BCUT2D eigenvalue weighted by Gasteiger charge is -2.58. The molecule has 8 atom stereocenters. The molecule has 3 saturated carbocycles. The molecule has 0 aromatic carbocycles. The second kappa shape index (κ2) is 9.58. The van der Waals surface area contributed by atoms with E-state index >= 15 is 0 Å².